The van der Waals surface area contributed by atoms with Gasteiger partial charge in [0.05, 0.1) is 12.1 Å². The van der Waals surface area contributed by atoms with E-state index in [0.29, 0.717) is 5.92 Å². The molecule has 0 bridgehead atoms. The third kappa shape index (κ3) is 2.75. The molecule has 1 saturated carbocycles. The van der Waals surface area contributed by atoms with Crippen LogP contribution in [-0.2, 0) is 0 Å². The number of hydrogen-bond acceptors (Lipinski definition) is 4. The molecule has 1 aliphatic carbocycles. The van der Waals surface area contributed by atoms with Crippen LogP contribution in [0.5, 0.6) is 0 Å². The van der Waals surface area contributed by atoms with Crippen molar-refractivity contribution < 1.29 is 5.11 Å². The van der Waals surface area contributed by atoms with E-state index in [-0.39, 0.29) is 12.1 Å². The number of anilines is 2. The molecule has 1 fully saturated rings. The number of pyridine rings is 1. The van der Waals surface area contributed by atoms with Crippen LogP contribution in [0.25, 0.3) is 0 Å². The topological polar surface area (TPSA) is 71.2 Å². The van der Waals surface area contributed by atoms with Crippen molar-refractivity contribution >= 4 is 11.5 Å². The lowest BCUT2D eigenvalue weighted by molar-refractivity contribution is 0.149. The van der Waals surface area contributed by atoms with Gasteiger partial charge in [0.1, 0.15) is 5.82 Å². The third-order valence-electron chi connectivity index (χ3n) is 3.93. The van der Waals surface area contributed by atoms with Gasteiger partial charge in [0, 0.05) is 18.0 Å². The van der Waals surface area contributed by atoms with Crippen molar-refractivity contribution in [2.45, 2.75) is 45.1 Å². The van der Waals surface area contributed by atoms with Crippen LogP contribution in [0.3, 0.4) is 0 Å². The number of rotatable bonds is 3. The Hall–Kier alpha value is -1.29. The zero-order chi connectivity index (χ0) is 13.2. The smallest absolute Gasteiger partial charge is 0.128 e. The number of hydrogen-bond donors (Lipinski definition) is 3. The second-order valence-electron chi connectivity index (χ2n) is 5.69. The average molecular weight is 249 g/mol. The minimum absolute atomic E-state index is 0.146. The van der Waals surface area contributed by atoms with Gasteiger partial charge in [0.2, 0.25) is 0 Å². The largest absolute Gasteiger partial charge is 0.398 e. The van der Waals surface area contributed by atoms with Crippen molar-refractivity contribution in [2.24, 2.45) is 5.92 Å². The normalized spacial score (nSPS) is 28.1. The summed E-state index contributed by atoms with van der Waals surface area (Å²) in [6.45, 7) is 4.32. The summed E-state index contributed by atoms with van der Waals surface area (Å²) in [6.07, 6.45) is 6.14. The minimum Gasteiger partial charge on any atom is -0.398 e. The second-order valence-corrected chi connectivity index (χ2v) is 5.69. The highest BCUT2D eigenvalue weighted by Gasteiger charge is 2.34. The van der Waals surface area contributed by atoms with Crippen molar-refractivity contribution in [1.29, 1.82) is 0 Å². The number of aryl methyl sites for hydroxylation is 1. The van der Waals surface area contributed by atoms with E-state index < -0.39 is 0 Å². The molecule has 2 atom stereocenters. The van der Waals surface area contributed by atoms with Crippen LogP contribution >= 0.6 is 0 Å². The number of nitrogens with one attached hydrogen (secondary N) is 1. The summed E-state index contributed by atoms with van der Waals surface area (Å²) in [6, 6.07) is 1.85. The van der Waals surface area contributed by atoms with Crippen molar-refractivity contribution in [3.63, 3.8) is 0 Å². The standard InChI is InChI=1S/C14H23N3O/c1-10-4-3-5-14(7-10,9-18)17-13-6-12(15)11(2)8-16-13/h6,8,10,18H,3-5,7,9H2,1-2H3,(H3,15,16,17). The monoisotopic (exact) mass is 249 g/mol. The highest BCUT2D eigenvalue weighted by molar-refractivity contribution is 5.54. The molecule has 0 aromatic carbocycles. The lowest BCUT2D eigenvalue weighted by atomic mass is 9.77. The first kappa shape index (κ1) is 13.1. The molecule has 1 heterocycles. The molecule has 0 radical (unpaired) electrons. The fraction of sp³-hybridized carbons (Fsp3) is 0.643. The van der Waals surface area contributed by atoms with Gasteiger partial charge in [0.25, 0.3) is 0 Å². The molecule has 18 heavy (non-hydrogen) atoms. The number of aromatic nitrogens is 1. The maximum Gasteiger partial charge on any atom is 0.128 e. The zero-order valence-corrected chi connectivity index (χ0v) is 11.2. The molecule has 2 rings (SSSR count). The molecule has 4 N–H and O–H groups in total. The molecule has 4 heteroatoms. The molecule has 0 aliphatic heterocycles. The summed E-state index contributed by atoms with van der Waals surface area (Å²) < 4.78 is 0. The van der Waals surface area contributed by atoms with Crippen LogP contribution in [0.2, 0.25) is 0 Å². The van der Waals surface area contributed by atoms with Crippen LogP contribution in [0.4, 0.5) is 11.5 Å². The van der Waals surface area contributed by atoms with E-state index in [2.05, 4.69) is 17.2 Å². The Morgan fingerprint density at radius 2 is 2.39 bits per heavy atom. The number of aliphatic hydroxyl groups is 1. The summed E-state index contributed by atoms with van der Waals surface area (Å²) in [4.78, 5) is 4.35. The Kier molecular flexibility index (Phi) is 3.76. The zero-order valence-electron chi connectivity index (χ0n) is 11.2. The Labute approximate surface area is 109 Å². The van der Waals surface area contributed by atoms with Gasteiger partial charge in [-0.15, -0.1) is 0 Å². The van der Waals surface area contributed by atoms with Crippen LogP contribution < -0.4 is 11.1 Å². The minimum atomic E-state index is -0.230. The lowest BCUT2D eigenvalue weighted by Gasteiger charge is -2.39. The van der Waals surface area contributed by atoms with Gasteiger partial charge in [-0.2, -0.15) is 0 Å². The van der Waals surface area contributed by atoms with Gasteiger partial charge in [-0.1, -0.05) is 19.8 Å². The number of nitrogens with zero attached hydrogens (tertiary/aromatic N) is 1. The molecule has 0 saturated heterocycles. The predicted molar refractivity (Wildman–Crippen MR) is 74.5 cm³/mol. The van der Waals surface area contributed by atoms with Crippen LogP contribution in [0.1, 0.15) is 38.2 Å². The summed E-state index contributed by atoms with van der Waals surface area (Å²) in [5.41, 5.74) is 7.39. The fourth-order valence-corrected chi connectivity index (χ4v) is 2.84. The quantitative estimate of drug-likeness (QED) is 0.769. The summed E-state index contributed by atoms with van der Waals surface area (Å²) in [5, 5.41) is 13.1. The summed E-state index contributed by atoms with van der Waals surface area (Å²) in [7, 11) is 0. The number of nitrogens with two attached hydrogens (primary N) is 1. The van der Waals surface area contributed by atoms with Crippen molar-refractivity contribution in [3.8, 4) is 0 Å². The first-order chi connectivity index (χ1) is 8.54. The number of aliphatic hydroxyl groups excluding tert-OH is 1. The van der Waals surface area contributed by atoms with Crippen LogP contribution in [-0.4, -0.2) is 22.2 Å². The Balaban J connectivity index is 2.16. The second kappa shape index (κ2) is 5.14. The molecule has 1 aliphatic rings. The molecule has 2 unspecified atom stereocenters. The average Bonchev–Trinajstić information content (AvgIpc) is 2.34. The van der Waals surface area contributed by atoms with Crippen molar-refractivity contribution in [1.82, 2.24) is 4.98 Å². The van der Waals surface area contributed by atoms with Gasteiger partial charge in [0.15, 0.2) is 0 Å². The van der Waals surface area contributed by atoms with Gasteiger partial charge >= 0.3 is 0 Å². The van der Waals surface area contributed by atoms with Gasteiger partial charge in [-0.05, 0) is 31.2 Å². The van der Waals surface area contributed by atoms with Crippen LogP contribution in [0, 0.1) is 12.8 Å². The van der Waals surface area contributed by atoms with E-state index in [4.69, 9.17) is 5.73 Å². The fourth-order valence-electron chi connectivity index (χ4n) is 2.84. The van der Waals surface area contributed by atoms with E-state index in [1.165, 1.54) is 6.42 Å². The summed E-state index contributed by atoms with van der Waals surface area (Å²) in [5.74, 6) is 1.41. The highest BCUT2D eigenvalue weighted by atomic mass is 16.3. The van der Waals surface area contributed by atoms with E-state index in [9.17, 15) is 5.11 Å². The molecule has 1 aromatic heterocycles. The lowest BCUT2D eigenvalue weighted by Crippen LogP contribution is -2.46. The molecular formula is C14H23N3O. The third-order valence-corrected chi connectivity index (χ3v) is 3.93. The van der Waals surface area contributed by atoms with E-state index in [1.54, 1.807) is 6.20 Å². The highest BCUT2D eigenvalue weighted by Crippen LogP contribution is 2.34. The first-order valence-corrected chi connectivity index (χ1v) is 6.66. The molecule has 0 spiro atoms. The SMILES string of the molecule is Cc1cnc(NC2(CO)CCCC(C)C2)cc1N. The molecule has 0 amide bonds. The van der Waals surface area contributed by atoms with Crippen molar-refractivity contribution in [2.75, 3.05) is 17.7 Å². The number of nitrogen functional groups attached to an aromatic ring is 1. The first-order valence-electron chi connectivity index (χ1n) is 6.66. The molecule has 4 nitrogen and oxygen atoms in total. The molecule has 100 valence electrons. The van der Waals surface area contributed by atoms with E-state index in [1.807, 2.05) is 13.0 Å². The Morgan fingerprint density at radius 1 is 1.61 bits per heavy atom. The molecular weight excluding hydrogens is 226 g/mol. The van der Waals surface area contributed by atoms with E-state index >= 15 is 0 Å². The Morgan fingerprint density at radius 3 is 3.00 bits per heavy atom. The van der Waals surface area contributed by atoms with Crippen LogP contribution in [0.15, 0.2) is 12.3 Å². The maximum atomic E-state index is 9.72. The van der Waals surface area contributed by atoms with Crippen molar-refractivity contribution in [3.05, 3.63) is 17.8 Å². The predicted octanol–water partition coefficient (Wildman–Crippen LogP) is 2.33. The maximum absolute atomic E-state index is 9.72. The summed E-state index contributed by atoms with van der Waals surface area (Å²) >= 11 is 0. The Bertz CT molecular complexity index is 422. The van der Waals surface area contributed by atoms with E-state index in [0.717, 1.165) is 36.3 Å². The molecule has 1 aromatic rings. The van der Waals surface area contributed by atoms with Gasteiger partial charge in [-0.25, -0.2) is 4.98 Å². The van der Waals surface area contributed by atoms with Gasteiger partial charge in [-0.3, -0.25) is 0 Å². The van der Waals surface area contributed by atoms with Gasteiger partial charge < -0.3 is 16.2 Å².